The number of rotatable bonds is 11. The van der Waals surface area contributed by atoms with Crippen molar-refractivity contribution < 1.29 is 28.3 Å². The Hall–Kier alpha value is -3.66. The summed E-state index contributed by atoms with van der Waals surface area (Å²) in [5, 5.41) is 0.446. The van der Waals surface area contributed by atoms with E-state index in [2.05, 4.69) is 4.98 Å². The number of likely N-dealkylation sites (N-methyl/N-ethyl adjacent to an activating group) is 1. The van der Waals surface area contributed by atoms with Crippen molar-refractivity contribution in [3.63, 3.8) is 0 Å². The molecule has 0 N–H and O–H groups in total. The zero-order valence-corrected chi connectivity index (χ0v) is 24.7. The van der Waals surface area contributed by atoms with E-state index >= 15 is 0 Å². The van der Waals surface area contributed by atoms with Gasteiger partial charge in [0, 0.05) is 13.6 Å². The lowest BCUT2D eigenvalue weighted by atomic mass is 10.0. The van der Waals surface area contributed by atoms with Crippen molar-refractivity contribution in [1.29, 1.82) is 0 Å². The van der Waals surface area contributed by atoms with Crippen LogP contribution in [0.1, 0.15) is 63.0 Å². The number of ether oxygens (including phenoxy) is 2. The third-order valence-electron chi connectivity index (χ3n) is 6.29. The molecule has 0 aliphatic carbocycles. The summed E-state index contributed by atoms with van der Waals surface area (Å²) in [7, 11) is 1.56. The quantitative estimate of drug-likeness (QED) is 0.227. The highest BCUT2D eigenvalue weighted by molar-refractivity contribution is 7.20. The van der Waals surface area contributed by atoms with E-state index in [9.17, 15) is 14.4 Å². The fraction of sp³-hybridized carbons (Fsp3) is 0.448. The van der Waals surface area contributed by atoms with Crippen LogP contribution in [0.15, 0.2) is 41.1 Å². The molecule has 0 saturated carbocycles. The number of aromatic nitrogens is 1. The Morgan fingerprint density at radius 1 is 1.15 bits per heavy atom. The van der Waals surface area contributed by atoms with Crippen LogP contribution in [0.5, 0.6) is 5.75 Å². The number of carbonyl (C=O) groups excluding carboxylic acids is 3. The van der Waals surface area contributed by atoms with Crippen molar-refractivity contribution in [2.75, 3.05) is 25.1 Å². The highest BCUT2D eigenvalue weighted by Crippen LogP contribution is 2.42. The molecule has 0 radical (unpaired) electrons. The highest BCUT2D eigenvalue weighted by Gasteiger charge is 2.41. The number of benzene rings is 1. The van der Waals surface area contributed by atoms with Crippen LogP contribution in [-0.4, -0.2) is 59.5 Å². The molecule has 2 aromatic heterocycles. The number of nitrogens with zero attached hydrogens (tertiary/aromatic N) is 3. The average molecular weight is 556 g/mol. The van der Waals surface area contributed by atoms with Gasteiger partial charge in [0.15, 0.2) is 0 Å². The van der Waals surface area contributed by atoms with Gasteiger partial charge in [-0.05, 0) is 72.1 Å². The van der Waals surface area contributed by atoms with Gasteiger partial charge >= 0.3 is 5.97 Å². The lowest BCUT2D eigenvalue weighted by Gasteiger charge is -2.36. The first-order chi connectivity index (χ1) is 18.3. The van der Waals surface area contributed by atoms with Crippen LogP contribution >= 0.6 is 11.3 Å². The third-order valence-corrected chi connectivity index (χ3v) is 7.61. The van der Waals surface area contributed by atoms with Crippen molar-refractivity contribution in [3.05, 3.63) is 53.4 Å². The molecule has 210 valence electrons. The Kier molecular flexibility index (Phi) is 9.22. The van der Waals surface area contributed by atoms with Crippen LogP contribution in [0.25, 0.3) is 10.8 Å². The molecule has 2 heterocycles. The summed E-state index contributed by atoms with van der Waals surface area (Å²) in [4.78, 5) is 47.2. The second-order valence-corrected chi connectivity index (χ2v) is 11.6. The van der Waals surface area contributed by atoms with Gasteiger partial charge in [-0.15, -0.1) is 11.3 Å². The SMILES string of the molecule is CCOc1ccccc1CCN(C=O)c1sc(-c2ncco2)c(C)c1C(=O)N(C)C(C)(C)C(=O)OC(C)(C)C. The van der Waals surface area contributed by atoms with E-state index in [0.29, 0.717) is 52.9 Å². The minimum atomic E-state index is -1.28. The van der Waals surface area contributed by atoms with E-state index in [1.54, 1.807) is 48.6 Å². The van der Waals surface area contributed by atoms with Crippen LogP contribution < -0.4 is 9.64 Å². The number of hydrogen-bond acceptors (Lipinski definition) is 8. The number of esters is 1. The predicted octanol–water partition coefficient (Wildman–Crippen LogP) is 5.51. The molecule has 2 amide bonds. The second kappa shape index (κ2) is 12.0. The predicted molar refractivity (Wildman–Crippen MR) is 151 cm³/mol. The van der Waals surface area contributed by atoms with Crippen molar-refractivity contribution >= 4 is 34.6 Å². The maximum absolute atomic E-state index is 14.0. The average Bonchev–Trinajstić information content (AvgIpc) is 3.51. The molecule has 0 atom stereocenters. The molecule has 9 nitrogen and oxygen atoms in total. The van der Waals surface area contributed by atoms with Gasteiger partial charge in [-0.3, -0.25) is 9.59 Å². The number of carbonyl (C=O) groups is 3. The molecule has 0 fully saturated rings. The molecule has 0 aliphatic heterocycles. The number of thiophene rings is 1. The number of anilines is 1. The molecule has 0 aliphatic rings. The molecule has 10 heteroatoms. The number of para-hydroxylation sites is 1. The lowest BCUT2D eigenvalue weighted by Crippen LogP contribution is -2.53. The zero-order valence-electron chi connectivity index (χ0n) is 23.9. The minimum absolute atomic E-state index is 0.303. The molecule has 0 spiro atoms. The first-order valence-corrected chi connectivity index (χ1v) is 13.6. The highest BCUT2D eigenvalue weighted by atomic mass is 32.1. The Balaban J connectivity index is 2.02. The van der Waals surface area contributed by atoms with Crippen molar-refractivity contribution in [3.8, 4) is 16.5 Å². The Morgan fingerprint density at radius 2 is 1.85 bits per heavy atom. The fourth-order valence-corrected chi connectivity index (χ4v) is 5.13. The molecule has 3 aromatic rings. The first kappa shape index (κ1) is 29.9. The van der Waals surface area contributed by atoms with Crippen LogP contribution in [0.2, 0.25) is 0 Å². The Labute approximate surface area is 233 Å². The van der Waals surface area contributed by atoms with Gasteiger partial charge in [0.1, 0.15) is 28.2 Å². The van der Waals surface area contributed by atoms with E-state index < -0.39 is 23.0 Å². The second-order valence-electron chi connectivity index (χ2n) is 10.6. The standard InChI is InChI=1S/C29H37N3O6S/c1-9-36-21-13-11-10-12-20(21)14-16-32(18-33)26-22(19(2)23(39-26)24-30-15-17-37-24)25(34)31(8)29(6,7)27(35)38-28(3,4)5/h10-13,15,17-18H,9,14,16H2,1-8H3. The Morgan fingerprint density at radius 3 is 2.44 bits per heavy atom. The normalized spacial score (nSPS) is 11.7. The van der Waals surface area contributed by atoms with E-state index in [1.165, 1.54) is 33.6 Å². The summed E-state index contributed by atoms with van der Waals surface area (Å²) in [5.74, 6) is 0.144. The molecule has 0 unspecified atom stereocenters. The Bertz CT molecular complexity index is 1310. The molecular weight excluding hydrogens is 518 g/mol. The molecule has 1 aromatic carbocycles. The maximum atomic E-state index is 14.0. The first-order valence-electron chi connectivity index (χ1n) is 12.8. The van der Waals surface area contributed by atoms with E-state index in [0.717, 1.165) is 11.3 Å². The third kappa shape index (κ3) is 6.68. The van der Waals surface area contributed by atoms with Gasteiger partial charge in [-0.2, -0.15) is 0 Å². The minimum Gasteiger partial charge on any atom is -0.494 e. The molecule has 0 bridgehead atoms. The zero-order chi connectivity index (χ0) is 29.0. The number of amides is 2. The number of oxazole rings is 1. The van der Waals surface area contributed by atoms with Gasteiger partial charge < -0.3 is 23.7 Å². The van der Waals surface area contributed by atoms with Crippen molar-refractivity contribution in [2.45, 2.75) is 66.0 Å². The fourth-order valence-electron chi connectivity index (χ4n) is 3.90. The van der Waals surface area contributed by atoms with E-state index in [1.807, 2.05) is 31.2 Å². The molecule has 3 rings (SSSR count). The number of hydrogen-bond donors (Lipinski definition) is 0. The summed E-state index contributed by atoms with van der Waals surface area (Å²) in [6.07, 6.45) is 4.20. The van der Waals surface area contributed by atoms with Crippen molar-refractivity contribution in [2.24, 2.45) is 0 Å². The van der Waals surface area contributed by atoms with Crippen LogP contribution in [0.3, 0.4) is 0 Å². The van der Waals surface area contributed by atoms with Gasteiger partial charge in [-0.25, -0.2) is 9.78 Å². The van der Waals surface area contributed by atoms with Gasteiger partial charge in [0.25, 0.3) is 5.91 Å². The van der Waals surface area contributed by atoms with Crippen LogP contribution in [-0.2, 0) is 20.7 Å². The van der Waals surface area contributed by atoms with Crippen molar-refractivity contribution in [1.82, 2.24) is 9.88 Å². The molecular formula is C29H37N3O6S. The summed E-state index contributed by atoms with van der Waals surface area (Å²) in [6.45, 7) is 13.1. The smallest absolute Gasteiger partial charge is 0.331 e. The monoisotopic (exact) mass is 555 g/mol. The summed E-state index contributed by atoms with van der Waals surface area (Å²) in [6, 6.07) is 7.66. The summed E-state index contributed by atoms with van der Waals surface area (Å²) >= 11 is 1.24. The maximum Gasteiger partial charge on any atom is 0.331 e. The summed E-state index contributed by atoms with van der Waals surface area (Å²) < 4.78 is 16.9. The van der Waals surface area contributed by atoms with Gasteiger partial charge in [0.05, 0.1) is 23.2 Å². The topological polar surface area (TPSA) is 102 Å². The van der Waals surface area contributed by atoms with Gasteiger partial charge in [-0.1, -0.05) is 18.2 Å². The molecule has 39 heavy (non-hydrogen) atoms. The summed E-state index contributed by atoms with van der Waals surface area (Å²) in [5.41, 5.74) is -0.134. The largest absolute Gasteiger partial charge is 0.494 e. The van der Waals surface area contributed by atoms with E-state index in [-0.39, 0.29) is 0 Å². The lowest BCUT2D eigenvalue weighted by molar-refractivity contribution is -0.165. The van der Waals surface area contributed by atoms with Gasteiger partial charge in [0.2, 0.25) is 12.3 Å². The van der Waals surface area contributed by atoms with E-state index in [4.69, 9.17) is 13.9 Å². The molecule has 0 saturated heterocycles. The van der Waals surface area contributed by atoms with Crippen LogP contribution in [0, 0.1) is 6.92 Å². The van der Waals surface area contributed by atoms with Crippen LogP contribution in [0.4, 0.5) is 5.00 Å².